The zero-order chi connectivity index (χ0) is 92.3. The van der Waals surface area contributed by atoms with Crippen LogP contribution in [0.1, 0.15) is 298 Å². The molecule has 0 N–H and O–H groups in total. The van der Waals surface area contributed by atoms with Crippen LogP contribution in [0.2, 0.25) is 136 Å². The molecule has 1 aromatic rings. The Balaban J connectivity index is -0.000000131. The van der Waals surface area contributed by atoms with E-state index in [9.17, 15) is 0 Å². The van der Waals surface area contributed by atoms with E-state index in [4.69, 9.17) is 84.4 Å². The second kappa shape index (κ2) is 82.9. The van der Waals surface area contributed by atoms with E-state index in [0.29, 0.717) is 82.1 Å². The first-order chi connectivity index (χ1) is 57.7. The van der Waals surface area contributed by atoms with Gasteiger partial charge in [0.2, 0.25) is 0 Å². The van der Waals surface area contributed by atoms with Crippen LogP contribution in [0.4, 0.5) is 0 Å². The second-order valence-corrected chi connectivity index (χ2v) is 84.7. The number of allylic oxidation sites excluding steroid dienone is 9. The molecule has 3 unspecified atom stereocenters. The highest BCUT2D eigenvalue weighted by atomic mass is 28.4. The van der Waals surface area contributed by atoms with Crippen LogP contribution in [0.25, 0.3) is 0 Å². The fourth-order valence-electron chi connectivity index (χ4n) is 18.6. The number of fused-ring (bicyclic) bond motifs is 1. The maximum atomic E-state index is 6.36. The topological polar surface area (TPSA) is 179 Å². The molecular formula is C103H238O19Si12. The third kappa shape index (κ3) is 60.0. The van der Waals surface area contributed by atoms with E-state index < -0.39 is 101 Å². The predicted molar refractivity (Wildman–Crippen MR) is 624 cm³/mol. The largest absolute Gasteiger partial charge is 0.418 e. The van der Waals surface area contributed by atoms with Crippen LogP contribution in [-0.4, -0.2) is 232 Å². The van der Waals surface area contributed by atoms with E-state index >= 15 is 0 Å². The highest BCUT2D eigenvalue weighted by molar-refractivity contribution is 6.95. The summed E-state index contributed by atoms with van der Waals surface area (Å²) < 4.78 is 117. The fourth-order valence-corrected chi connectivity index (χ4v) is 78.0. The van der Waals surface area contributed by atoms with Gasteiger partial charge in [0.15, 0.2) is 49.9 Å². The number of hydrogen-bond acceptors (Lipinski definition) is 19. The summed E-state index contributed by atoms with van der Waals surface area (Å²) in [5, 5.41) is 2.62. The number of ether oxygens (including phenoxy) is 1. The first-order valence-electron chi connectivity index (χ1n) is 48.2. The molecule has 1 heterocycles. The van der Waals surface area contributed by atoms with Crippen LogP contribution in [0.5, 0.6) is 0 Å². The summed E-state index contributed by atoms with van der Waals surface area (Å²) >= 11 is 0. The van der Waals surface area contributed by atoms with Crippen molar-refractivity contribution in [2.75, 3.05) is 119 Å². The summed E-state index contributed by atoms with van der Waals surface area (Å²) in [6, 6.07) is 12.4. The molecule has 6 rings (SSSR count). The minimum absolute atomic E-state index is 0. The van der Waals surface area contributed by atoms with Gasteiger partial charge in [-0.3, -0.25) is 0 Å². The van der Waals surface area contributed by atoms with Gasteiger partial charge in [0, 0.05) is 170 Å². The van der Waals surface area contributed by atoms with Crippen molar-refractivity contribution < 1.29 is 84.4 Å². The van der Waals surface area contributed by atoms with Crippen LogP contribution < -0.4 is 5.19 Å². The van der Waals surface area contributed by atoms with Gasteiger partial charge in [-0.05, 0) is 283 Å². The van der Waals surface area contributed by atoms with Crippen LogP contribution in [0.3, 0.4) is 0 Å². The van der Waals surface area contributed by atoms with Crippen molar-refractivity contribution in [1.29, 1.82) is 0 Å². The zero-order valence-electron chi connectivity index (χ0n) is 84.5. The third-order valence-corrected chi connectivity index (χ3v) is 78.6. The van der Waals surface area contributed by atoms with Crippen molar-refractivity contribution in [1.82, 2.24) is 0 Å². The molecule has 0 spiro atoms. The van der Waals surface area contributed by atoms with Gasteiger partial charge in [0.25, 0.3) is 0 Å². The SMILES string of the molecule is C.C.C.C.C.C.C.C.C.C.C.C.C=CC[Si](C[Si](C)(C)OCC)(OCC)OCC.CCO[Si](C)(C)C[Si](CCC1CCC2OC2C1)(OCC)OCC.CCO[Si](C)(C)C[Si](OCC)(OCC)C1=CC=C(C(C)C)CC1.CCO[Si](C)(C)C[Si](OCC)(OCC)C1C=CC=C1.CCO[Si](C)(C)C[Si](OCC)(OCC)C1CCCCC1.CCO[Si](C)(C)C[Si](OCC)(OCC)c1ccccc1. The molecule has 3 fully saturated rings. The van der Waals surface area contributed by atoms with Gasteiger partial charge in [-0.2, -0.15) is 0 Å². The van der Waals surface area contributed by atoms with Gasteiger partial charge in [0.1, 0.15) is 0 Å². The minimum Gasteiger partial charge on any atom is -0.418 e. The predicted octanol–water partition coefficient (Wildman–Crippen LogP) is 32.1. The Kier molecular flexibility index (Phi) is 98.4. The molecule has 0 bridgehead atoms. The van der Waals surface area contributed by atoms with E-state index in [2.05, 4.69) is 250 Å². The molecule has 2 saturated carbocycles. The Labute approximate surface area is 851 Å². The first kappa shape index (κ1) is 159. The normalized spacial score (nSPS) is 16.2. The zero-order valence-corrected chi connectivity index (χ0v) is 96.5. The van der Waals surface area contributed by atoms with Crippen molar-refractivity contribution in [3.8, 4) is 0 Å². The molecule has 1 aliphatic heterocycles. The smallest absolute Gasteiger partial charge is 0.372 e. The molecule has 31 heteroatoms. The van der Waals surface area contributed by atoms with Crippen molar-refractivity contribution in [2.45, 2.75) is 446 Å². The van der Waals surface area contributed by atoms with Gasteiger partial charge >= 0.3 is 51.4 Å². The van der Waals surface area contributed by atoms with E-state index in [0.717, 1.165) is 131 Å². The summed E-state index contributed by atoms with van der Waals surface area (Å²) in [4.78, 5) is 0. The lowest BCUT2D eigenvalue weighted by molar-refractivity contribution is 0.166. The average Bonchev–Trinajstić information content (AvgIpc) is 1.29. The summed E-state index contributed by atoms with van der Waals surface area (Å²) in [5.41, 5.74) is 8.52. The number of epoxide rings is 1. The lowest BCUT2D eigenvalue weighted by Gasteiger charge is -2.42. The van der Waals surface area contributed by atoms with Crippen LogP contribution in [0.15, 0.2) is 90.2 Å². The van der Waals surface area contributed by atoms with Crippen LogP contribution in [-0.2, 0) is 84.4 Å². The molecule has 19 nitrogen and oxygen atoms in total. The molecular weight excluding hydrogens is 1880 g/mol. The molecule has 5 aliphatic rings. The molecule has 0 amide bonds. The molecule has 812 valence electrons. The van der Waals surface area contributed by atoms with Crippen molar-refractivity contribution in [3.63, 3.8) is 0 Å². The molecule has 1 aromatic carbocycles. The number of hydrogen-bond donors (Lipinski definition) is 0. The first-order valence-corrected chi connectivity index (χ1v) is 79.6. The molecule has 4 aliphatic carbocycles. The lowest BCUT2D eigenvalue weighted by Crippen LogP contribution is -2.59. The Bertz CT molecular complexity index is 2940. The Hall–Kier alpha value is -0.237. The van der Waals surface area contributed by atoms with Gasteiger partial charge in [0.05, 0.1) is 12.2 Å². The Morgan fingerprint density at radius 1 is 0.343 bits per heavy atom. The summed E-state index contributed by atoms with van der Waals surface area (Å²) in [7, 11) is -23.9. The standard InChI is InChI=1S/C18H36O3Si2.C17H36O4Si2.C15H34O3Si2.C15H28O3Si2.C14H28O3Si2.C12H28O3Si2.12CH4/c1-8-19-22(6,7)15-23(20-9-2,21-10-3)18-13-11-17(12-14-18)16(4)5;1-6-18-22(4,5)14-23(19-7-2,20-8-3)12-11-15-9-10-16-17(13-15)21-16;2*1-6-16-19(4,5)14-20(17-7-2,18-8-3)15-12-10-9-11-13-15;1-6-15-18(4,5)13-19(16-7-2,17-8-3)14-11-9-10-12-14;1-7-11-17(14-9-3,15-10-4)12-16(5,6)13-8-2;;;;;;;;;;;;/h11,13,16H,8-10,12,14-15H2,1-7H3;15-17H,6-14H2,1-5H3;15H,6-14H2,1-5H3;9-13H,6-8,14H2,1-5H3;9-12,14H,6-8,13H2,1-5H3;7H,1,8-12H2,2-6H3;12*1H4. The minimum atomic E-state index is -2.41. The number of benzene rings is 1. The highest BCUT2D eigenvalue weighted by Gasteiger charge is 2.54. The van der Waals surface area contributed by atoms with E-state index in [1.807, 2.05) is 46.8 Å². The molecule has 0 aromatic heterocycles. The molecule has 3 atom stereocenters. The molecule has 134 heavy (non-hydrogen) atoms. The number of rotatable bonds is 58. The fraction of sp³-hybridized carbons (Fsp3) is 0.845. The van der Waals surface area contributed by atoms with E-state index in [1.165, 1.54) is 73.7 Å². The molecule has 0 radical (unpaired) electrons. The Morgan fingerprint density at radius 3 is 1.01 bits per heavy atom. The summed E-state index contributed by atoms with van der Waals surface area (Å²) in [5.74, 6) is 1.42. The van der Waals surface area contributed by atoms with Crippen LogP contribution in [0, 0.1) is 11.8 Å². The maximum absolute atomic E-state index is 6.36. The maximum Gasteiger partial charge on any atom is 0.372 e. The average molecular weight is 2120 g/mol. The molecule has 1 saturated heterocycles. The monoisotopic (exact) mass is 2120 g/mol. The van der Waals surface area contributed by atoms with Crippen molar-refractivity contribution in [3.05, 3.63) is 90.2 Å². The van der Waals surface area contributed by atoms with Gasteiger partial charge < -0.3 is 84.4 Å². The lowest BCUT2D eigenvalue weighted by atomic mass is 9.88. The third-order valence-electron chi connectivity index (χ3n) is 22.6. The van der Waals surface area contributed by atoms with E-state index in [-0.39, 0.29) is 89.1 Å². The Morgan fingerprint density at radius 2 is 0.672 bits per heavy atom. The summed E-state index contributed by atoms with van der Waals surface area (Å²) in [6.07, 6.45) is 30.2. The van der Waals surface area contributed by atoms with Gasteiger partial charge in [-0.1, -0.05) is 201 Å². The highest BCUT2D eigenvalue weighted by Crippen LogP contribution is 2.45. The summed E-state index contributed by atoms with van der Waals surface area (Å²) in [6.45, 7) is 86.3. The quantitative estimate of drug-likeness (QED) is 0.0341. The van der Waals surface area contributed by atoms with Crippen LogP contribution >= 0.6 is 0 Å². The van der Waals surface area contributed by atoms with E-state index in [1.54, 1.807) is 0 Å². The van der Waals surface area contributed by atoms with Crippen molar-refractivity contribution in [2.24, 2.45) is 11.8 Å². The van der Waals surface area contributed by atoms with Gasteiger partial charge in [-0.15, -0.1) is 6.58 Å². The van der Waals surface area contributed by atoms with Crippen molar-refractivity contribution >= 4 is 106 Å². The second-order valence-electron chi connectivity index (χ2n) is 36.4. The van der Waals surface area contributed by atoms with Gasteiger partial charge in [-0.25, -0.2) is 0 Å².